The summed E-state index contributed by atoms with van der Waals surface area (Å²) in [6.45, 7) is -0.869. The lowest BCUT2D eigenvalue weighted by atomic mass is 9.80. The summed E-state index contributed by atoms with van der Waals surface area (Å²) in [5.41, 5.74) is 5.68. The van der Waals surface area contributed by atoms with Crippen molar-refractivity contribution < 1.29 is 78.1 Å². The molecular weight excluding hydrogens is 719 g/mol. The van der Waals surface area contributed by atoms with E-state index in [4.69, 9.17) is 24.3 Å². The number of carbonyl (C=O) groups excluding carboxylic acids is 2. The number of benzene rings is 1. The minimum Gasteiger partial charge on any atom is -0.756 e. The Bertz CT molecular complexity index is 1690. The van der Waals surface area contributed by atoms with Crippen LogP contribution in [-0.2, 0) is 39.1 Å². The second kappa shape index (κ2) is 17.0. The van der Waals surface area contributed by atoms with E-state index in [0.717, 1.165) is 22.7 Å². The molecular formula is C30H40N4O17P-. The molecule has 4 rings (SSSR count). The zero-order valence-electron chi connectivity index (χ0n) is 27.5. The number of carboxylic acids is 1. The van der Waals surface area contributed by atoms with E-state index in [0.29, 0.717) is 0 Å². The molecule has 0 spiro atoms. The molecule has 10 N–H and O–H groups in total. The normalized spacial score (nSPS) is 29.9. The van der Waals surface area contributed by atoms with Crippen LogP contribution in [0.5, 0.6) is 0 Å². The van der Waals surface area contributed by atoms with Gasteiger partial charge in [0.25, 0.3) is 19.5 Å². The molecule has 0 saturated carbocycles. The number of aliphatic carboxylic acids is 1. The Morgan fingerprint density at radius 3 is 2.44 bits per heavy atom. The lowest BCUT2D eigenvalue weighted by molar-refractivity contribution is -0.320. The largest absolute Gasteiger partial charge is 0.756 e. The van der Waals surface area contributed by atoms with Gasteiger partial charge in [0, 0.05) is 30.5 Å². The molecule has 21 nitrogen and oxygen atoms in total. The third-order valence-electron chi connectivity index (χ3n) is 8.62. The number of nitrogens with two attached hydrogens (primary N) is 1. The Balaban J connectivity index is 1.46. The van der Waals surface area contributed by atoms with Gasteiger partial charge in [-0.1, -0.05) is 19.1 Å². The van der Waals surface area contributed by atoms with Crippen LogP contribution in [0, 0.1) is 5.92 Å². The van der Waals surface area contributed by atoms with E-state index in [1.807, 2.05) is 6.92 Å². The fourth-order valence-corrected chi connectivity index (χ4v) is 6.67. The number of anilines is 1. The van der Waals surface area contributed by atoms with Crippen LogP contribution < -0.4 is 21.6 Å². The van der Waals surface area contributed by atoms with Gasteiger partial charge in [0.05, 0.1) is 32.0 Å². The first-order valence-corrected chi connectivity index (χ1v) is 17.4. The number of amides is 1. The van der Waals surface area contributed by atoms with Crippen molar-refractivity contribution in [1.29, 1.82) is 0 Å². The van der Waals surface area contributed by atoms with Gasteiger partial charge >= 0.3 is 11.7 Å². The molecule has 2 saturated heterocycles. The van der Waals surface area contributed by atoms with Crippen LogP contribution in [0.15, 0.2) is 41.3 Å². The number of nitrogen functional groups attached to an aromatic ring is 1. The Hall–Kier alpha value is -3.70. The van der Waals surface area contributed by atoms with E-state index < -0.39 is 124 Å². The third-order valence-corrected chi connectivity index (χ3v) is 9.60. The fraction of sp³-hybridized carbons (Fsp3) is 0.567. The lowest BCUT2D eigenvalue weighted by Gasteiger charge is -2.47. The van der Waals surface area contributed by atoms with Gasteiger partial charge in [-0.05, 0) is 30.2 Å². The number of ether oxygens (including phenoxy) is 2. The summed E-state index contributed by atoms with van der Waals surface area (Å²) in [6, 6.07) is 7.74. The number of nitrogens with zero attached hydrogens (tertiary/aromatic N) is 2. The SMILES string of the molecule is CCc1ccc(C(=O)NCC(=O)C[C@H]2C([C@H](O)[C@H](O)CO)O[C@](OP(=O)([O-])OC[C@H]3O[C@@H](n4ccc(N)nc4=O)C(O)[C@H]3O)(C(=O)O)C[C@H]2O)cc1. The monoisotopic (exact) mass is 759 g/mol. The summed E-state index contributed by atoms with van der Waals surface area (Å²) in [5, 5.41) is 74.7. The van der Waals surface area contributed by atoms with Crippen LogP contribution in [0.1, 0.15) is 41.9 Å². The first-order valence-electron chi connectivity index (χ1n) is 15.9. The highest BCUT2D eigenvalue weighted by atomic mass is 31.2. The van der Waals surface area contributed by atoms with Crippen LogP contribution in [-0.4, -0.2) is 131 Å². The molecule has 0 bridgehead atoms. The number of nitrogens with one attached hydrogen (secondary N) is 1. The summed E-state index contributed by atoms with van der Waals surface area (Å²) in [5.74, 6) is -8.52. The number of carboxylic acid groups (broad SMARTS) is 1. The number of carbonyl (C=O) groups is 3. The van der Waals surface area contributed by atoms with Crippen molar-refractivity contribution in [2.45, 2.75) is 80.9 Å². The van der Waals surface area contributed by atoms with E-state index in [1.54, 1.807) is 24.3 Å². The molecule has 22 heteroatoms. The highest BCUT2D eigenvalue weighted by Crippen LogP contribution is 2.49. The summed E-state index contributed by atoms with van der Waals surface area (Å²) >= 11 is 0. The van der Waals surface area contributed by atoms with Crippen LogP contribution in [0.3, 0.4) is 0 Å². The molecule has 52 heavy (non-hydrogen) atoms. The number of ketones is 1. The van der Waals surface area contributed by atoms with Gasteiger partial charge in [-0.25, -0.2) is 9.59 Å². The summed E-state index contributed by atoms with van der Waals surface area (Å²) < 4.78 is 34.0. The van der Waals surface area contributed by atoms with Gasteiger partial charge in [0.1, 0.15) is 36.3 Å². The van der Waals surface area contributed by atoms with Gasteiger partial charge in [0.2, 0.25) is 0 Å². The highest BCUT2D eigenvalue weighted by Gasteiger charge is 2.57. The average Bonchev–Trinajstić information content (AvgIpc) is 3.38. The Kier molecular flexibility index (Phi) is 13.4. The molecule has 3 unspecified atom stereocenters. The highest BCUT2D eigenvalue weighted by molar-refractivity contribution is 7.45. The number of phosphoric ester groups is 1. The molecule has 1 aromatic heterocycles. The minimum atomic E-state index is -5.85. The number of aryl methyl sites for hydroxylation is 1. The number of phosphoric acid groups is 1. The Morgan fingerprint density at radius 2 is 1.85 bits per heavy atom. The van der Waals surface area contributed by atoms with Crippen molar-refractivity contribution in [3.63, 3.8) is 0 Å². The molecule has 1 amide bonds. The number of hydrogen-bond acceptors (Lipinski definition) is 18. The zero-order valence-corrected chi connectivity index (χ0v) is 28.4. The number of rotatable bonds is 16. The number of aliphatic hydroxyl groups excluding tert-OH is 6. The summed E-state index contributed by atoms with van der Waals surface area (Å²) in [7, 11) is -5.85. The third kappa shape index (κ3) is 9.44. The summed E-state index contributed by atoms with van der Waals surface area (Å²) in [6.07, 6.45) is -15.2. The van der Waals surface area contributed by atoms with Crippen LogP contribution in [0.2, 0.25) is 0 Å². The van der Waals surface area contributed by atoms with Crippen molar-refractivity contribution in [1.82, 2.24) is 14.9 Å². The van der Waals surface area contributed by atoms with E-state index in [1.165, 1.54) is 6.07 Å². The Morgan fingerprint density at radius 1 is 1.17 bits per heavy atom. The fourth-order valence-electron chi connectivity index (χ4n) is 5.73. The second-order valence-corrected chi connectivity index (χ2v) is 13.6. The number of Topliss-reactive ketones (excluding diaryl/α,β-unsaturated/α-hetero) is 1. The quantitative estimate of drug-likeness (QED) is 0.0740. The van der Waals surface area contributed by atoms with Crippen molar-refractivity contribution in [3.05, 3.63) is 58.1 Å². The van der Waals surface area contributed by atoms with Gasteiger partial charge < -0.3 is 65.7 Å². The van der Waals surface area contributed by atoms with E-state index in [-0.39, 0.29) is 11.4 Å². The molecule has 11 atom stereocenters. The number of aromatic nitrogens is 2. The van der Waals surface area contributed by atoms with Crippen molar-refractivity contribution in [2.75, 3.05) is 25.5 Å². The number of hydrogen-bond donors (Lipinski definition) is 9. The van der Waals surface area contributed by atoms with Gasteiger partial charge in [0.15, 0.2) is 12.0 Å². The maximum absolute atomic E-state index is 13.0. The predicted molar refractivity (Wildman–Crippen MR) is 170 cm³/mol. The molecule has 2 aliphatic rings. The Labute approximate surface area is 294 Å². The van der Waals surface area contributed by atoms with E-state index in [2.05, 4.69) is 10.3 Å². The standard InChI is InChI=1S/C30H41N4O17P/c1-2-14-3-5-15(6-4-14)26(42)32-11-16(36)9-17-18(37)10-30(28(43)44,50-25(17)22(39)19(38)12-35)51-52(46,47)48-13-20-23(40)24(41)27(49-20)34-8-7-21(31)33-29(34)45/h3-8,17-20,22-25,27,35,37-41H,2,9-13H2,1H3,(H,32,42)(H,43,44)(H,46,47)(H2,31,33,45)/p-1/t17-,18-,19-,20-,22-,23+,24?,25?,27-,30-/m1/s1. The molecule has 1 aromatic carbocycles. The average molecular weight is 760 g/mol. The molecule has 2 fully saturated rings. The second-order valence-electron chi connectivity index (χ2n) is 12.2. The molecule has 0 radical (unpaired) electrons. The predicted octanol–water partition coefficient (Wildman–Crippen LogP) is -3.84. The molecule has 3 heterocycles. The van der Waals surface area contributed by atoms with E-state index >= 15 is 0 Å². The number of aliphatic hydroxyl groups is 6. The van der Waals surface area contributed by atoms with Crippen LogP contribution >= 0.6 is 7.82 Å². The van der Waals surface area contributed by atoms with Crippen LogP contribution in [0.25, 0.3) is 0 Å². The first-order chi connectivity index (χ1) is 24.4. The lowest BCUT2D eigenvalue weighted by Crippen LogP contribution is -2.62. The summed E-state index contributed by atoms with van der Waals surface area (Å²) in [4.78, 5) is 66.5. The van der Waals surface area contributed by atoms with Crippen molar-refractivity contribution in [2.24, 2.45) is 5.92 Å². The first kappa shape index (κ1) is 41.1. The van der Waals surface area contributed by atoms with Gasteiger partial charge in [-0.3, -0.25) is 23.2 Å². The molecule has 288 valence electrons. The topological polar surface area (TPSA) is 343 Å². The molecule has 2 aliphatic heterocycles. The van der Waals surface area contributed by atoms with E-state index in [9.17, 15) is 64.4 Å². The zero-order chi connectivity index (χ0) is 38.5. The maximum atomic E-state index is 13.0. The molecule has 0 aliphatic carbocycles. The molecule has 2 aromatic rings. The van der Waals surface area contributed by atoms with Crippen LogP contribution in [0.4, 0.5) is 5.82 Å². The van der Waals surface area contributed by atoms with Crippen molar-refractivity contribution in [3.8, 4) is 0 Å². The minimum absolute atomic E-state index is 0.155. The maximum Gasteiger partial charge on any atom is 0.364 e. The smallest absolute Gasteiger partial charge is 0.364 e. The van der Waals surface area contributed by atoms with Gasteiger partial charge in [-0.2, -0.15) is 4.98 Å². The van der Waals surface area contributed by atoms with Crippen molar-refractivity contribution >= 4 is 31.3 Å². The van der Waals surface area contributed by atoms with Gasteiger partial charge in [-0.15, -0.1) is 0 Å².